The summed E-state index contributed by atoms with van der Waals surface area (Å²) in [6.45, 7) is 0.247. The molecule has 4 nitrogen and oxygen atoms in total. The quantitative estimate of drug-likeness (QED) is 0.765. The molecule has 1 aliphatic rings. The van der Waals surface area contributed by atoms with E-state index in [1.807, 2.05) is 18.2 Å². The zero-order chi connectivity index (χ0) is 17.6. The summed E-state index contributed by atoms with van der Waals surface area (Å²) in [6.07, 6.45) is -3.45. The van der Waals surface area contributed by atoms with Gasteiger partial charge in [-0.3, -0.25) is 0 Å². The normalized spacial score (nSPS) is 22.7. The van der Waals surface area contributed by atoms with Crippen molar-refractivity contribution in [2.45, 2.75) is 50.4 Å². The van der Waals surface area contributed by atoms with Crippen molar-refractivity contribution < 1.29 is 23.1 Å². The van der Waals surface area contributed by atoms with Crippen LogP contribution in [0.4, 0.5) is 18.0 Å². The molecule has 3 N–H and O–H groups in total. The van der Waals surface area contributed by atoms with Gasteiger partial charge in [-0.1, -0.05) is 36.8 Å². The molecule has 0 unspecified atom stereocenters. The van der Waals surface area contributed by atoms with Crippen LogP contribution in [-0.4, -0.2) is 29.9 Å². The Kier molecular flexibility index (Phi) is 6.48. The van der Waals surface area contributed by atoms with Crippen LogP contribution in [0, 0.1) is 5.92 Å². The van der Waals surface area contributed by atoms with Crippen molar-refractivity contribution in [2.75, 3.05) is 6.54 Å². The Balaban J connectivity index is 1.70. The molecule has 24 heavy (non-hydrogen) atoms. The standard InChI is InChI=1S/C17H23F3N2O2/c18-17(19,20)13-7-4-8-14(11-13)22-16(24)21-10-9-15(23)12-5-2-1-3-6-12/h1-3,5-6,13-15,23H,4,7-11H2,(H2,21,22,24)/t13-,14-,15-/m0/s1. The molecule has 134 valence electrons. The lowest BCUT2D eigenvalue weighted by atomic mass is 9.85. The minimum absolute atomic E-state index is 0.0659. The Morgan fingerprint density at radius 3 is 2.62 bits per heavy atom. The van der Waals surface area contributed by atoms with Gasteiger partial charge in [-0.05, 0) is 31.2 Å². The molecule has 3 atom stereocenters. The third kappa shape index (κ3) is 5.70. The van der Waals surface area contributed by atoms with Gasteiger partial charge in [0.2, 0.25) is 0 Å². The number of halogens is 3. The van der Waals surface area contributed by atoms with Gasteiger partial charge in [0.1, 0.15) is 0 Å². The van der Waals surface area contributed by atoms with Crippen molar-refractivity contribution in [3.63, 3.8) is 0 Å². The zero-order valence-corrected chi connectivity index (χ0v) is 13.4. The van der Waals surface area contributed by atoms with E-state index in [-0.39, 0.29) is 19.4 Å². The summed E-state index contributed by atoms with van der Waals surface area (Å²) in [5.74, 6) is -1.34. The fourth-order valence-corrected chi connectivity index (χ4v) is 3.02. The summed E-state index contributed by atoms with van der Waals surface area (Å²) in [4.78, 5) is 11.8. The number of carbonyl (C=O) groups is 1. The third-order valence-electron chi connectivity index (χ3n) is 4.36. The molecule has 0 saturated heterocycles. The SMILES string of the molecule is O=C(NCC[C@H](O)c1ccccc1)N[C@H]1CCC[C@H](C(F)(F)F)C1. The minimum atomic E-state index is -4.20. The van der Waals surface area contributed by atoms with Crippen molar-refractivity contribution in [2.24, 2.45) is 5.92 Å². The Bertz CT molecular complexity index is 522. The summed E-state index contributed by atoms with van der Waals surface area (Å²) in [5.41, 5.74) is 0.764. The number of aliphatic hydroxyl groups excluding tert-OH is 1. The van der Waals surface area contributed by atoms with Crippen LogP contribution in [0.15, 0.2) is 30.3 Å². The average molecular weight is 344 g/mol. The highest BCUT2D eigenvalue weighted by molar-refractivity contribution is 5.74. The topological polar surface area (TPSA) is 61.4 Å². The highest BCUT2D eigenvalue weighted by Crippen LogP contribution is 2.37. The second-order valence-electron chi connectivity index (χ2n) is 6.22. The van der Waals surface area contributed by atoms with E-state index in [2.05, 4.69) is 10.6 Å². The molecule has 0 heterocycles. The molecule has 0 radical (unpaired) electrons. The van der Waals surface area contributed by atoms with Crippen LogP contribution in [0.5, 0.6) is 0 Å². The van der Waals surface area contributed by atoms with E-state index in [9.17, 15) is 23.1 Å². The van der Waals surface area contributed by atoms with E-state index in [0.29, 0.717) is 19.3 Å². The van der Waals surface area contributed by atoms with Crippen molar-refractivity contribution in [1.82, 2.24) is 10.6 Å². The monoisotopic (exact) mass is 344 g/mol. The molecule has 1 aromatic rings. The van der Waals surface area contributed by atoms with Crippen molar-refractivity contribution in [1.29, 1.82) is 0 Å². The maximum Gasteiger partial charge on any atom is 0.391 e. The Morgan fingerprint density at radius 2 is 1.96 bits per heavy atom. The van der Waals surface area contributed by atoms with Gasteiger partial charge < -0.3 is 15.7 Å². The highest BCUT2D eigenvalue weighted by Gasteiger charge is 2.42. The van der Waals surface area contributed by atoms with Crippen LogP contribution in [0.25, 0.3) is 0 Å². The first-order chi connectivity index (χ1) is 11.4. The summed E-state index contributed by atoms with van der Waals surface area (Å²) < 4.78 is 38.2. The van der Waals surface area contributed by atoms with E-state index in [1.165, 1.54) is 0 Å². The van der Waals surface area contributed by atoms with Gasteiger partial charge in [0.25, 0.3) is 0 Å². The fraction of sp³-hybridized carbons (Fsp3) is 0.588. The first kappa shape index (κ1) is 18.6. The van der Waals surface area contributed by atoms with Crippen LogP contribution in [0.1, 0.15) is 43.8 Å². The number of aliphatic hydroxyl groups is 1. The molecule has 2 rings (SSSR count). The third-order valence-corrected chi connectivity index (χ3v) is 4.36. The number of amides is 2. The van der Waals surface area contributed by atoms with Gasteiger partial charge in [-0.15, -0.1) is 0 Å². The van der Waals surface area contributed by atoms with Crippen LogP contribution in [-0.2, 0) is 0 Å². The molecule has 1 aromatic carbocycles. The highest BCUT2D eigenvalue weighted by atomic mass is 19.4. The van der Waals surface area contributed by atoms with E-state index in [0.717, 1.165) is 5.56 Å². The van der Waals surface area contributed by atoms with E-state index in [1.54, 1.807) is 12.1 Å². The smallest absolute Gasteiger partial charge is 0.388 e. The van der Waals surface area contributed by atoms with Crippen LogP contribution < -0.4 is 10.6 Å². The number of nitrogens with one attached hydrogen (secondary N) is 2. The summed E-state index contributed by atoms with van der Waals surface area (Å²) in [5, 5.41) is 15.2. The molecule has 0 aromatic heterocycles. The first-order valence-corrected chi connectivity index (χ1v) is 8.20. The van der Waals surface area contributed by atoms with Crippen LogP contribution in [0.2, 0.25) is 0 Å². The van der Waals surface area contributed by atoms with Crippen LogP contribution >= 0.6 is 0 Å². The number of hydrogen-bond acceptors (Lipinski definition) is 2. The lowest BCUT2D eigenvalue weighted by Crippen LogP contribution is -2.46. The molecule has 0 bridgehead atoms. The summed E-state index contributed by atoms with van der Waals surface area (Å²) in [6, 6.07) is 8.14. The number of benzene rings is 1. The lowest BCUT2D eigenvalue weighted by Gasteiger charge is -2.31. The Morgan fingerprint density at radius 1 is 1.25 bits per heavy atom. The average Bonchev–Trinajstić information content (AvgIpc) is 2.55. The number of urea groups is 1. The van der Waals surface area contributed by atoms with E-state index >= 15 is 0 Å². The summed E-state index contributed by atoms with van der Waals surface area (Å²) >= 11 is 0. The maximum absolute atomic E-state index is 12.7. The van der Waals surface area contributed by atoms with Gasteiger partial charge in [-0.2, -0.15) is 13.2 Å². The zero-order valence-electron chi connectivity index (χ0n) is 13.4. The largest absolute Gasteiger partial charge is 0.391 e. The fourth-order valence-electron chi connectivity index (χ4n) is 3.02. The Hall–Kier alpha value is -1.76. The molecular weight excluding hydrogens is 321 g/mol. The van der Waals surface area contributed by atoms with Gasteiger partial charge in [0.05, 0.1) is 12.0 Å². The van der Waals surface area contributed by atoms with Gasteiger partial charge >= 0.3 is 12.2 Å². The lowest BCUT2D eigenvalue weighted by molar-refractivity contribution is -0.183. The van der Waals surface area contributed by atoms with Gasteiger partial charge in [-0.25, -0.2) is 4.79 Å². The van der Waals surface area contributed by atoms with Crippen LogP contribution in [0.3, 0.4) is 0 Å². The van der Waals surface area contributed by atoms with E-state index < -0.39 is 30.3 Å². The van der Waals surface area contributed by atoms with E-state index in [4.69, 9.17) is 0 Å². The predicted molar refractivity (Wildman–Crippen MR) is 84.4 cm³/mol. The number of hydrogen-bond donors (Lipinski definition) is 3. The first-order valence-electron chi connectivity index (χ1n) is 8.20. The molecule has 1 saturated carbocycles. The van der Waals surface area contributed by atoms with Crippen molar-refractivity contribution in [3.05, 3.63) is 35.9 Å². The second kappa shape index (κ2) is 8.37. The molecule has 0 spiro atoms. The number of rotatable bonds is 5. The van der Waals surface area contributed by atoms with Gasteiger partial charge in [0.15, 0.2) is 0 Å². The Labute approximate surface area is 139 Å². The summed E-state index contributed by atoms with van der Waals surface area (Å²) in [7, 11) is 0. The molecule has 1 aliphatic carbocycles. The number of carbonyl (C=O) groups excluding carboxylic acids is 1. The molecule has 0 aliphatic heterocycles. The maximum atomic E-state index is 12.7. The molecular formula is C17H23F3N2O2. The molecule has 2 amide bonds. The van der Waals surface area contributed by atoms with Crippen molar-refractivity contribution in [3.8, 4) is 0 Å². The predicted octanol–water partition coefficient (Wildman–Crippen LogP) is 3.53. The second-order valence-corrected chi connectivity index (χ2v) is 6.22. The molecule has 1 fully saturated rings. The van der Waals surface area contributed by atoms with Gasteiger partial charge in [0, 0.05) is 12.6 Å². The number of alkyl halides is 3. The van der Waals surface area contributed by atoms with Crippen molar-refractivity contribution >= 4 is 6.03 Å². The molecule has 7 heteroatoms. The minimum Gasteiger partial charge on any atom is -0.388 e.